The zero-order valence-electron chi connectivity index (χ0n) is 14.0. The van der Waals surface area contributed by atoms with Gasteiger partial charge in [0, 0.05) is 11.4 Å². The maximum Gasteiger partial charge on any atom is 0.361 e. The van der Waals surface area contributed by atoms with E-state index < -0.39 is 5.63 Å². The zero-order chi connectivity index (χ0) is 18.0. The molecule has 1 heterocycles. The van der Waals surface area contributed by atoms with Gasteiger partial charge in [-0.15, -0.1) is 0 Å². The number of nitrogens with one attached hydrogen (secondary N) is 2. The Balaban J connectivity index is 2.10. The van der Waals surface area contributed by atoms with Gasteiger partial charge in [0.2, 0.25) is 0 Å². The molecule has 0 bridgehead atoms. The first-order valence-electron chi connectivity index (χ1n) is 7.95. The fourth-order valence-corrected chi connectivity index (χ4v) is 2.56. The monoisotopic (exact) mass is 337 g/mol. The molecule has 0 saturated heterocycles. The molecular weight excluding hydrogens is 318 g/mol. The minimum atomic E-state index is -0.620. The second-order valence-corrected chi connectivity index (χ2v) is 5.97. The molecule has 6 heteroatoms. The molecule has 2 aromatic carbocycles. The van der Waals surface area contributed by atoms with Gasteiger partial charge in [-0.05, 0) is 38.1 Å². The van der Waals surface area contributed by atoms with Crippen LogP contribution in [-0.4, -0.2) is 11.9 Å². The molecule has 1 aromatic heterocycles. The number of nitrogen functional groups attached to an aromatic ring is 1. The van der Waals surface area contributed by atoms with E-state index in [0.29, 0.717) is 27.9 Å². The summed E-state index contributed by atoms with van der Waals surface area (Å²) in [6, 6.07) is 14.2. The van der Waals surface area contributed by atoms with Crippen LogP contribution < -0.4 is 22.0 Å². The Morgan fingerprint density at radius 2 is 1.76 bits per heavy atom. The lowest BCUT2D eigenvalue weighted by atomic mass is 10.1. The van der Waals surface area contributed by atoms with Crippen molar-refractivity contribution in [3.8, 4) is 0 Å². The van der Waals surface area contributed by atoms with Gasteiger partial charge in [0.15, 0.2) is 0 Å². The first kappa shape index (κ1) is 16.6. The van der Waals surface area contributed by atoms with E-state index in [1.807, 2.05) is 19.9 Å². The third kappa shape index (κ3) is 3.33. The van der Waals surface area contributed by atoms with Gasteiger partial charge < -0.3 is 20.8 Å². The summed E-state index contributed by atoms with van der Waals surface area (Å²) in [5.74, 6) is -0.205. The number of hydrogen-bond donors (Lipinski definition) is 3. The molecule has 0 aliphatic carbocycles. The summed E-state index contributed by atoms with van der Waals surface area (Å²) < 4.78 is 5.20. The summed E-state index contributed by atoms with van der Waals surface area (Å²) in [6.45, 7) is 3.78. The Hall–Kier alpha value is -3.28. The second kappa shape index (κ2) is 6.68. The number of amides is 1. The molecule has 25 heavy (non-hydrogen) atoms. The molecular formula is C19H19N3O3. The Bertz CT molecular complexity index is 993. The fraction of sp³-hybridized carbons (Fsp3) is 0.158. The smallest absolute Gasteiger partial charge is 0.361 e. The predicted octanol–water partition coefficient (Wildman–Crippen LogP) is 3.26. The van der Waals surface area contributed by atoms with Crippen LogP contribution in [0.4, 0.5) is 17.1 Å². The van der Waals surface area contributed by atoms with E-state index in [2.05, 4.69) is 10.6 Å². The number of benzene rings is 2. The van der Waals surface area contributed by atoms with Gasteiger partial charge in [0.25, 0.3) is 5.91 Å². The molecule has 128 valence electrons. The molecule has 0 fully saturated rings. The van der Waals surface area contributed by atoms with Crippen LogP contribution >= 0.6 is 0 Å². The molecule has 0 unspecified atom stereocenters. The molecule has 6 nitrogen and oxygen atoms in total. The van der Waals surface area contributed by atoms with Gasteiger partial charge in [-0.2, -0.15) is 0 Å². The maximum absolute atomic E-state index is 12.4. The number of hydrogen-bond acceptors (Lipinski definition) is 5. The Kier molecular flexibility index (Phi) is 4.43. The largest absolute Gasteiger partial charge is 0.421 e. The number of carbonyl (C=O) groups is 1. The van der Waals surface area contributed by atoms with E-state index in [1.54, 1.807) is 42.5 Å². The van der Waals surface area contributed by atoms with Gasteiger partial charge in [-0.1, -0.05) is 24.3 Å². The molecule has 0 aliphatic rings. The van der Waals surface area contributed by atoms with Crippen molar-refractivity contribution in [2.24, 2.45) is 0 Å². The average Bonchev–Trinajstić information content (AvgIpc) is 2.58. The summed E-state index contributed by atoms with van der Waals surface area (Å²) in [5, 5.41) is 6.66. The van der Waals surface area contributed by atoms with E-state index >= 15 is 0 Å². The van der Waals surface area contributed by atoms with Crippen LogP contribution in [-0.2, 0) is 0 Å². The van der Waals surface area contributed by atoms with Gasteiger partial charge in [-0.3, -0.25) is 4.79 Å². The van der Waals surface area contributed by atoms with Crippen molar-refractivity contribution < 1.29 is 9.21 Å². The summed E-state index contributed by atoms with van der Waals surface area (Å²) in [4.78, 5) is 24.4. The van der Waals surface area contributed by atoms with Gasteiger partial charge in [0.05, 0.1) is 16.9 Å². The highest BCUT2D eigenvalue weighted by Crippen LogP contribution is 2.30. The molecule has 0 aliphatic heterocycles. The van der Waals surface area contributed by atoms with Crippen LogP contribution in [0.5, 0.6) is 0 Å². The molecule has 0 radical (unpaired) electrons. The summed E-state index contributed by atoms with van der Waals surface area (Å²) >= 11 is 0. The van der Waals surface area contributed by atoms with Crippen LogP contribution in [0.15, 0.2) is 57.7 Å². The van der Waals surface area contributed by atoms with Crippen molar-refractivity contribution in [3.63, 3.8) is 0 Å². The highest BCUT2D eigenvalue weighted by molar-refractivity contribution is 6.03. The van der Waals surface area contributed by atoms with Crippen molar-refractivity contribution in [2.45, 2.75) is 19.9 Å². The third-order valence-electron chi connectivity index (χ3n) is 3.70. The van der Waals surface area contributed by atoms with Crippen molar-refractivity contribution >= 4 is 33.9 Å². The number of anilines is 3. The van der Waals surface area contributed by atoms with Crippen LogP contribution in [0.3, 0.4) is 0 Å². The SMILES string of the molecule is CC(C)NC(=O)c1ccccc1Nc1c(N)c(=O)oc2ccccc12. The third-order valence-corrected chi connectivity index (χ3v) is 3.70. The minimum absolute atomic E-state index is 0.00947. The molecule has 0 spiro atoms. The molecule has 3 rings (SSSR count). The molecule has 0 saturated carbocycles. The minimum Gasteiger partial charge on any atom is -0.421 e. The number of carbonyl (C=O) groups excluding carboxylic acids is 1. The highest BCUT2D eigenvalue weighted by atomic mass is 16.4. The number of nitrogens with two attached hydrogens (primary N) is 1. The van der Waals surface area contributed by atoms with E-state index in [9.17, 15) is 9.59 Å². The van der Waals surface area contributed by atoms with Crippen LogP contribution in [0.25, 0.3) is 11.0 Å². The Morgan fingerprint density at radius 3 is 2.52 bits per heavy atom. The van der Waals surface area contributed by atoms with Crippen LogP contribution in [0, 0.1) is 0 Å². The zero-order valence-corrected chi connectivity index (χ0v) is 14.0. The lowest BCUT2D eigenvalue weighted by Gasteiger charge is -2.15. The van der Waals surface area contributed by atoms with Crippen LogP contribution in [0.2, 0.25) is 0 Å². The predicted molar refractivity (Wildman–Crippen MR) is 99.2 cm³/mol. The summed E-state index contributed by atoms with van der Waals surface area (Å²) in [5.41, 5.74) is 7.16. The Labute approximate surface area is 144 Å². The van der Waals surface area contributed by atoms with Crippen molar-refractivity contribution in [3.05, 3.63) is 64.5 Å². The second-order valence-electron chi connectivity index (χ2n) is 5.97. The average molecular weight is 337 g/mol. The fourth-order valence-electron chi connectivity index (χ4n) is 2.56. The van der Waals surface area contributed by atoms with Gasteiger partial charge in [-0.25, -0.2) is 4.79 Å². The quantitative estimate of drug-likeness (QED) is 0.635. The molecule has 1 amide bonds. The molecule has 0 atom stereocenters. The summed E-state index contributed by atoms with van der Waals surface area (Å²) in [7, 11) is 0. The van der Waals surface area contributed by atoms with E-state index in [-0.39, 0.29) is 17.6 Å². The Morgan fingerprint density at radius 1 is 1.08 bits per heavy atom. The van der Waals surface area contributed by atoms with E-state index in [0.717, 1.165) is 0 Å². The maximum atomic E-state index is 12.4. The number of fused-ring (bicyclic) bond motifs is 1. The molecule has 3 aromatic rings. The van der Waals surface area contributed by atoms with Gasteiger partial charge >= 0.3 is 5.63 Å². The summed E-state index contributed by atoms with van der Waals surface area (Å²) in [6.07, 6.45) is 0. The van der Waals surface area contributed by atoms with Crippen LogP contribution in [0.1, 0.15) is 24.2 Å². The number of rotatable bonds is 4. The molecule has 4 N–H and O–H groups in total. The first-order chi connectivity index (χ1) is 12.0. The van der Waals surface area contributed by atoms with Crippen molar-refractivity contribution in [2.75, 3.05) is 11.1 Å². The number of para-hydroxylation sites is 2. The van der Waals surface area contributed by atoms with Crippen molar-refractivity contribution in [1.82, 2.24) is 5.32 Å². The lowest BCUT2D eigenvalue weighted by Crippen LogP contribution is -2.30. The standard InChI is InChI=1S/C19H19N3O3/c1-11(2)21-18(23)12-7-3-5-9-14(12)22-17-13-8-4-6-10-15(13)25-19(24)16(17)20/h3-11,22H,20H2,1-2H3,(H,21,23). The topological polar surface area (TPSA) is 97.4 Å². The highest BCUT2D eigenvalue weighted by Gasteiger charge is 2.16. The van der Waals surface area contributed by atoms with E-state index in [1.165, 1.54) is 0 Å². The van der Waals surface area contributed by atoms with Crippen molar-refractivity contribution in [1.29, 1.82) is 0 Å². The first-order valence-corrected chi connectivity index (χ1v) is 7.95. The van der Waals surface area contributed by atoms with E-state index in [4.69, 9.17) is 10.2 Å². The normalized spacial score (nSPS) is 10.8. The van der Waals surface area contributed by atoms with Gasteiger partial charge in [0.1, 0.15) is 11.3 Å². The lowest BCUT2D eigenvalue weighted by molar-refractivity contribution is 0.0944.